The highest BCUT2D eigenvalue weighted by Gasteiger charge is 2.32. The van der Waals surface area contributed by atoms with Crippen LogP contribution in [0.3, 0.4) is 0 Å². The molecule has 0 saturated carbocycles. The number of hydrazine groups is 1. The van der Waals surface area contributed by atoms with E-state index in [-0.39, 0.29) is 12.3 Å². The van der Waals surface area contributed by atoms with Crippen molar-refractivity contribution in [2.24, 2.45) is 10.8 Å². The average molecular weight is 415 g/mol. The molecule has 0 bridgehead atoms. The molecule has 1 atom stereocenters. The fourth-order valence-electron chi connectivity index (χ4n) is 3.37. The number of aromatic nitrogens is 3. The molecule has 0 aliphatic carbocycles. The normalized spacial score (nSPS) is 15.5. The molecule has 3 aromatic rings. The van der Waals surface area contributed by atoms with Crippen molar-refractivity contribution in [1.29, 1.82) is 0 Å². The Morgan fingerprint density at radius 2 is 1.96 bits per heavy atom. The minimum Gasteiger partial charge on any atom is -0.294 e. The first-order valence-corrected chi connectivity index (χ1v) is 9.96. The minimum atomic E-state index is -0.505. The highest BCUT2D eigenvalue weighted by molar-refractivity contribution is 7.15. The molecule has 2 aromatic heterocycles. The van der Waals surface area contributed by atoms with E-state index in [2.05, 4.69) is 29.5 Å². The van der Waals surface area contributed by atoms with Crippen molar-refractivity contribution in [2.75, 3.05) is 0 Å². The Morgan fingerprint density at radius 3 is 2.64 bits per heavy atom. The molecule has 7 nitrogen and oxygen atoms in total. The number of aryl methyl sites for hydroxylation is 2. The van der Waals surface area contributed by atoms with Crippen LogP contribution in [0.5, 0.6) is 0 Å². The Hall–Kier alpha value is -2.55. The Morgan fingerprint density at radius 1 is 1.25 bits per heavy atom. The SMILES string of the molecule is Cc1sc2c(c1C)C(c1ccc(Cl)cc1)=NC(CC(=O)NN)c1nnc(C)n1-2. The number of amides is 1. The summed E-state index contributed by atoms with van der Waals surface area (Å²) in [6.07, 6.45) is 0.0820. The summed E-state index contributed by atoms with van der Waals surface area (Å²) in [5, 5.41) is 10.2. The summed E-state index contributed by atoms with van der Waals surface area (Å²) in [6, 6.07) is 7.05. The van der Waals surface area contributed by atoms with Crippen LogP contribution < -0.4 is 11.3 Å². The van der Waals surface area contributed by atoms with Crippen LogP contribution >= 0.6 is 22.9 Å². The van der Waals surface area contributed by atoms with Crippen LogP contribution in [0.25, 0.3) is 5.00 Å². The van der Waals surface area contributed by atoms with Crippen LogP contribution in [-0.2, 0) is 4.79 Å². The van der Waals surface area contributed by atoms with E-state index in [9.17, 15) is 4.79 Å². The Labute approximate surface area is 171 Å². The smallest absolute Gasteiger partial charge is 0.236 e. The van der Waals surface area contributed by atoms with Gasteiger partial charge in [-0.25, -0.2) is 5.84 Å². The number of halogens is 1. The molecular weight excluding hydrogens is 396 g/mol. The number of carbonyl (C=O) groups excluding carboxylic acids is 1. The molecule has 4 rings (SSSR count). The van der Waals surface area contributed by atoms with Crippen molar-refractivity contribution < 1.29 is 4.79 Å². The maximum atomic E-state index is 12.1. The lowest BCUT2D eigenvalue weighted by Crippen LogP contribution is -2.31. The van der Waals surface area contributed by atoms with Crippen molar-refractivity contribution in [3.63, 3.8) is 0 Å². The topological polar surface area (TPSA) is 98.2 Å². The van der Waals surface area contributed by atoms with Crippen molar-refractivity contribution >= 4 is 34.6 Å². The first kappa shape index (κ1) is 18.8. The molecule has 9 heteroatoms. The molecule has 3 heterocycles. The van der Waals surface area contributed by atoms with Gasteiger partial charge in [0.2, 0.25) is 5.91 Å². The van der Waals surface area contributed by atoms with E-state index in [4.69, 9.17) is 22.4 Å². The molecule has 3 N–H and O–H groups in total. The number of hydrogen-bond acceptors (Lipinski definition) is 6. The summed E-state index contributed by atoms with van der Waals surface area (Å²) in [7, 11) is 0. The van der Waals surface area contributed by atoms with E-state index in [1.165, 1.54) is 4.88 Å². The van der Waals surface area contributed by atoms with Crippen molar-refractivity contribution in [2.45, 2.75) is 33.2 Å². The maximum absolute atomic E-state index is 12.1. The zero-order chi connectivity index (χ0) is 20.0. The lowest BCUT2D eigenvalue weighted by atomic mass is 9.99. The highest BCUT2D eigenvalue weighted by atomic mass is 35.5. The first-order chi connectivity index (χ1) is 13.4. The second-order valence-electron chi connectivity index (χ2n) is 6.68. The fraction of sp³-hybridized carbons (Fsp3) is 0.263. The quantitative estimate of drug-likeness (QED) is 0.390. The number of nitrogens with one attached hydrogen (secondary N) is 1. The summed E-state index contributed by atoms with van der Waals surface area (Å²) in [6.45, 7) is 6.08. The van der Waals surface area contributed by atoms with Crippen LogP contribution in [0.2, 0.25) is 5.02 Å². The summed E-state index contributed by atoms with van der Waals surface area (Å²) in [5.41, 5.74) is 6.11. The van der Waals surface area contributed by atoms with Crippen LogP contribution in [0.4, 0.5) is 0 Å². The second-order valence-corrected chi connectivity index (χ2v) is 8.32. The van der Waals surface area contributed by atoms with Gasteiger partial charge in [-0.2, -0.15) is 0 Å². The molecule has 0 saturated heterocycles. The monoisotopic (exact) mass is 414 g/mol. The number of aliphatic imine (C=N–C) groups is 1. The van der Waals surface area contributed by atoms with E-state index in [0.29, 0.717) is 10.8 Å². The van der Waals surface area contributed by atoms with E-state index >= 15 is 0 Å². The van der Waals surface area contributed by atoms with Gasteiger partial charge < -0.3 is 0 Å². The van der Waals surface area contributed by atoms with Crippen molar-refractivity contribution in [3.8, 4) is 5.00 Å². The first-order valence-electron chi connectivity index (χ1n) is 8.76. The van der Waals surface area contributed by atoms with E-state index < -0.39 is 6.04 Å². The van der Waals surface area contributed by atoms with Gasteiger partial charge in [0.15, 0.2) is 5.82 Å². The second kappa shape index (κ2) is 7.12. The summed E-state index contributed by atoms with van der Waals surface area (Å²) < 4.78 is 2.00. The van der Waals surface area contributed by atoms with Gasteiger partial charge in [0, 0.05) is 21.0 Å². The van der Waals surface area contributed by atoms with Crippen LogP contribution in [-0.4, -0.2) is 26.4 Å². The largest absolute Gasteiger partial charge is 0.294 e. The van der Waals surface area contributed by atoms with Gasteiger partial charge in [0.25, 0.3) is 0 Å². The molecule has 1 aromatic carbocycles. The standard InChI is InChI=1S/C19H19ClN6OS/c1-9-10(2)28-19-16(9)17(12-4-6-13(20)7-5-12)22-14(8-15(27)23-21)18-25-24-11(3)26(18)19/h4-7,14H,8,21H2,1-3H3,(H,23,27). The molecule has 1 aliphatic heterocycles. The third kappa shape index (κ3) is 3.03. The summed E-state index contributed by atoms with van der Waals surface area (Å²) >= 11 is 7.75. The van der Waals surface area contributed by atoms with E-state index in [1.807, 2.05) is 35.8 Å². The van der Waals surface area contributed by atoms with Gasteiger partial charge in [-0.05, 0) is 38.5 Å². The lowest BCUT2D eigenvalue weighted by molar-refractivity contribution is -0.121. The molecule has 1 unspecified atom stereocenters. The third-order valence-electron chi connectivity index (χ3n) is 4.90. The molecule has 28 heavy (non-hydrogen) atoms. The fourth-order valence-corrected chi connectivity index (χ4v) is 4.71. The average Bonchev–Trinajstić information content (AvgIpc) is 3.15. The number of fused-ring (bicyclic) bond motifs is 3. The van der Waals surface area contributed by atoms with Crippen LogP contribution in [0.1, 0.15) is 45.7 Å². The van der Waals surface area contributed by atoms with Gasteiger partial charge in [-0.15, -0.1) is 21.5 Å². The molecule has 1 aliphatic rings. The molecule has 0 spiro atoms. The van der Waals surface area contributed by atoms with Gasteiger partial charge in [-0.3, -0.25) is 19.8 Å². The number of rotatable bonds is 3. The zero-order valence-electron chi connectivity index (χ0n) is 15.7. The van der Waals surface area contributed by atoms with Crippen molar-refractivity contribution in [1.82, 2.24) is 20.2 Å². The predicted octanol–water partition coefficient (Wildman–Crippen LogP) is 3.18. The third-order valence-corrected chi connectivity index (χ3v) is 6.34. The number of carbonyl (C=O) groups is 1. The van der Waals surface area contributed by atoms with Gasteiger partial charge >= 0.3 is 0 Å². The highest BCUT2D eigenvalue weighted by Crippen LogP contribution is 2.39. The number of nitrogens with zero attached hydrogens (tertiary/aromatic N) is 4. The zero-order valence-corrected chi connectivity index (χ0v) is 17.2. The summed E-state index contributed by atoms with van der Waals surface area (Å²) in [4.78, 5) is 18.2. The lowest BCUT2D eigenvalue weighted by Gasteiger charge is -2.12. The van der Waals surface area contributed by atoms with Gasteiger partial charge in [0.05, 0.1) is 12.1 Å². The maximum Gasteiger partial charge on any atom is 0.236 e. The van der Waals surface area contributed by atoms with Gasteiger partial charge in [-0.1, -0.05) is 23.7 Å². The predicted molar refractivity (Wildman–Crippen MR) is 110 cm³/mol. The molecule has 144 valence electrons. The molecule has 0 radical (unpaired) electrons. The molecule has 0 fully saturated rings. The van der Waals surface area contributed by atoms with E-state index in [0.717, 1.165) is 33.2 Å². The van der Waals surface area contributed by atoms with Crippen molar-refractivity contribution in [3.05, 3.63) is 62.5 Å². The number of benzene rings is 1. The Kier molecular flexibility index (Phi) is 4.78. The number of hydrogen-bond donors (Lipinski definition) is 2. The van der Waals surface area contributed by atoms with Crippen LogP contribution in [0.15, 0.2) is 29.3 Å². The van der Waals surface area contributed by atoms with Crippen LogP contribution in [0, 0.1) is 20.8 Å². The van der Waals surface area contributed by atoms with Gasteiger partial charge in [0.1, 0.15) is 16.9 Å². The Bertz CT molecular complexity index is 1100. The summed E-state index contributed by atoms with van der Waals surface area (Å²) in [5.74, 6) is 6.39. The molecular formula is C19H19ClN6OS. The minimum absolute atomic E-state index is 0.0820. The number of thiophene rings is 1. The molecule has 1 amide bonds. The van der Waals surface area contributed by atoms with E-state index in [1.54, 1.807) is 11.3 Å². The number of nitrogens with two attached hydrogens (primary N) is 1. The Balaban J connectivity index is 2.01.